The van der Waals surface area contributed by atoms with Gasteiger partial charge in [-0.1, -0.05) is 74.6 Å². The smallest absolute Gasteiger partial charge is 0.326 e. The fraction of sp³-hybridized carbons (Fsp3) is 0.521. The number of carboxylic acid groups (broad SMARTS) is 2. The van der Waals surface area contributed by atoms with Crippen molar-refractivity contribution >= 4 is 65.3 Å². The second-order valence-corrected chi connectivity index (χ2v) is 17.6. The number of hydrogen-bond donors (Lipinski definition) is 12. The Balaban J connectivity index is 2.69. The zero-order valence-electron chi connectivity index (χ0n) is 42.1. The van der Waals surface area contributed by atoms with Crippen LogP contribution in [0.3, 0.4) is 0 Å². The van der Waals surface area contributed by atoms with E-state index < -0.39 is 126 Å². The lowest BCUT2D eigenvalue weighted by Gasteiger charge is -2.27. The second kappa shape index (κ2) is 30.8. The Morgan fingerprint density at radius 2 is 1.47 bits per heavy atom. The van der Waals surface area contributed by atoms with E-state index in [4.69, 9.17) is 21.9 Å². The molecular formula is C48H72N12O13. The number of nitrogens with one attached hydrogen (secondary N) is 7. The lowest BCUT2D eigenvalue weighted by molar-refractivity contribution is -0.144. The number of urea groups is 1. The van der Waals surface area contributed by atoms with Crippen molar-refractivity contribution in [1.82, 2.24) is 42.1 Å². The Kier molecular flexibility index (Phi) is 25.9. The summed E-state index contributed by atoms with van der Waals surface area (Å²) >= 11 is 0. The fourth-order valence-electron chi connectivity index (χ4n) is 7.34. The molecule has 1 saturated heterocycles. The maximum Gasteiger partial charge on any atom is 0.326 e. The first-order chi connectivity index (χ1) is 34.3. The van der Waals surface area contributed by atoms with Gasteiger partial charge in [0.1, 0.15) is 35.9 Å². The van der Waals surface area contributed by atoms with E-state index in [1.807, 2.05) is 43.3 Å². The maximum absolute atomic E-state index is 14.3. The number of primary amides is 1. The van der Waals surface area contributed by atoms with Crippen molar-refractivity contribution in [3.63, 3.8) is 0 Å². The molecule has 1 aromatic rings. The molecule has 9 atom stereocenters. The van der Waals surface area contributed by atoms with Crippen LogP contribution in [-0.2, 0) is 54.3 Å². The first-order valence-electron chi connectivity index (χ1n) is 23.6. The van der Waals surface area contributed by atoms with Gasteiger partial charge in [0.2, 0.25) is 35.4 Å². The highest BCUT2D eigenvalue weighted by atomic mass is 16.5. The van der Waals surface area contributed by atoms with Crippen molar-refractivity contribution in [1.29, 1.82) is 0 Å². The molecule has 1 aliphatic heterocycles. The number of allylic oxidation sites excluding steroid dienone is 2. The number of carbonyl (C=O) groups is 10. The number of benzene rings is 1. The van der Waals surface area contributed by atoms with E-state index in [9.17, 15) is 58.2 Å². The van der Waals surface area contributed by atoms with Gasteiger partial charge < -0.3 is 74.3 Å². The lowest BCUT2D eigenvalue weighted by atomic mass is 9.94. The molecule has 1 fully saturated rings. The van der Waals surface area contributed by atoms with E-state index >= 15 is 0 Å². The summed E-state index contributed by atoms with van der Waals surface area (Å²) < 4.78 is 5.80. The molecule has 1 heterocycles. The molecule has 0 aromatic heterocycles. The number of hydrogen-bond acceptors (Lipinski definition) is 12. The van der Waals surface area contributed by atoms with Crippen molar-refractivity contribution in [2.24, 2.45) is 34.0 Å². The third kappa shape index (κ3) is 22.0. The molecule has 402 valence electrons. The minimum Gasteiger partial charge on any atom is -0.480 e. The van der Waals surface area contributed by atoms with Crippen molar-refractivity contribution in [2.45, 2.75) is 121 Å². The van der Waals surface area contributed by atoms with Crippen LogP contribution < -0.4 is 54.4 Å². The number of amides is 9. The van der Waals surface area contributed by atoms with Gasteiger partial charge in [-0.25, -0.2) is 14.4 Å². The van der Waals surface area contributed by atoms with E-state index in [0.717, 1.165) is 10.5 Å². The van der Waals surface area contributed by atoms with Crippen LogP contribution in [0, 0.1) is 11.8 Å². The van der Waals surface area contributed by atoms with Crippen molar-refractivity contribution < 1.29 is 62.9 Å². The van der Waals surface area contributed by atoms with Crippen LogP contribution in [0.15, 0.2) is 71.4 Å². The Labute approximate surface area is 424 Å². The van der Waals surface area contributed by atoms with Gasteiger partial charge in [0.05, 0.1) is 24.5 Å². The van der Waals surface area contributed by atoms with Crippen LogP contribution >= 0.6 is 0 Å². The molecule has 0 spiro atoms. The van der Waals surface area contributed by atoms with Crippen LogP contribution in [-0.4, -0.2) is 150 Å². The highest BCUT2D eigenvalue weighted by molar-refractivity contribution is 6.00. The summed E-state index contributed by atoms with van der Waals surface area (Å²) in [5, 5.41) is 37.3. The van der Waals surface area contributed by atoms with Crippen LogP contribution in [0.1, 0.15) is 78.2 Å². The monoisotopic (exact) mass is 1020 g/mol. The van der Waals surface area contributed by atoms with Crippen molar-refractivity contribution in [3.05, 3.63) is 72.0 Å². The second-order valence-electron chi connectivity index (χ2n) is 17.6. The van der Waals surface area contributed by atoms with Gasteiger partial charge in [0, 0.05) is 39.6 Å². The molecule has 9 amide bonds. The van der Waals surface area contributed by atoms with Crippen LogP contribution in [0.4, 0.5) is 4.79 Å². The first kappa shape index (κ1) is 61.3. The summed E-state index contributed by atoms with van der Waals surface area (Å²) in [7, 11) is 2.78. The van der Waals surface area contributed by atoms with E-state index in [0.29, 0.717) is 12.0 Å². The number of likely N-dealkylation sites (N-methyl/N-ethyl adjacent to an activating group) is 1. The fourth-order valence-corrected chi connectivity index (χ4v) is 7.34. The number of nitrogens with zero attached hydrogens (tertiary/aromatic N) is 2. The molecule has 0 unspecified atom stereocenters. The Hall–Kier alpha value is -7.83. The molecule has 73 heavy (non-hydrogen) atoms. The van der Waals surface area contributed by atoms with E-state index in [2.05, 4.69) is 48.8 Å². The van der Waals surface area contributed by atoms with Gasteiger partial charge in [-0.15, -0.1) is 0 Å². The predicted octanol–water partition coefficient (Wildman–Crippen LogP) is -1.23. The minimum atomic E-state index is -1.93. The van der Waals surface area contributed by atoms with Gasteiger partial charge in [0.15, 0.2) is 5.96 Å². The zero-order valence-corrected chi connectivity index (χ0v) is 42.1. The van der Waals surface area contributed by atoms with E-state index in [-0.39, 0.29) is 56.8 Å². The number of aliphatic carboxylic acids is 2. The molecule has 0 radical (unpaired) electrons. The maximum atomic E-state index is 14.3. The van der Waals surface area contributed by atoms with Gasteiger partial charge in [-0.2, -0.15) is 0 Å². The third-order valence-corrected chi connectivity index (χ3v) is 11.8. The van der Waals surface area contributed by atoms with Crippen LogP contribution in [0.2, 0.25) is 0 Å². The Bertz CT molecular complexity index is 2230. The summed E-state index contributed by atoms with van der Waals surface area (Å²) in [5.74, 6) is -11.4. The van der Waals surface area contributed by atoms with Crippen molar-refractivity contribution in [3.8, 4) is 0 Å². The normalized spacial score (nSPS) is 23.7. The average Bonchev–Trinajstić information content (AvgIpc) is 3.33. The average molecular weight is 1030 g/mol. The molecule has 1 aliphatic rings. The standard InChI is InChI=1S/C48H72N12O13/c1-26(23-27(2)37(73-7)24-31-13-9-8-10-14-31)17-18-32-28(3)40(63)58-35(45(68)69)19-20-39(62)60(6)30(5)42(65)54-29(4)41(64)57-34(16-11-21-52-47(49)50)44(67)59-36(46(70)71)25-38(61)55-33(43(66)56-32)15-12-22-53-48(51)72/h8-10,13-14,17-18,23,27-29,32-37H,5,11-12,15-16,19-22,24-25H2,1-4,6-7H3,(H,54,65)(H,55,61)(H,56,66)(H,57,64)(H,58,63)(H,59,67)(H,68,69)(H,70,71)(H4,49,50,52)(H3,51,53,72)/b18-17+,26-23+/t27-,28-,29+,32-,33-,34-,35+,36+,37-/m0/s1. The number of nitrogens with two attached hydrogens (primary N) is 3. The zero-order chi connectivity index (χ0) is 54.9. The molecule has 0 bridgehead atoms. The number of rotatable bonds is 17. The van der Waals surface area contributed by atoms with Gasteiger partial charge >= 0.3 is 18.0 Å². The van der Waals surface area contributed by atoms with Crippen LogP contribution in [0.5, 0.6) is 0 Å². The predicted molar refractivity (Wildman–Crippen MR) is 267 cm³/mol. The molecule has 25 heteroatoms. The Morgan fingerprint density at radius 3 is 2.07 bits per heavy atom. The lowest BCUT2D eigenvalue weighted by Crippen LogP contribution is -2.56. The summed E-state index contributed by atoms with van der Waals surface area (Å²) in [4.78, 5) is 137. The van der Waals surface area contributed by atoms with E-state index in [1.165, 1.54) is 27.0 Å². The quantitative estimate of drug-likeness (QED) is 0.0286. The SMILES string of the molecule is C=C1C(=O)N[C@H](C)C(=O)N[C@@H](CCCN=C(N)N)C(=O)N[C@@H](C(=O)O)CC(=O)N[C@@H](CCCNC(N)=O)C(=O)N[C@@H](/C=C/C(C)=C/[C@H](C)[C@H](Cc2ccccc2)OC)[C@H](C)C(=O)N[C@@H](C(=O)O)CCC(=O)N1C. The highest BCUT2D eigenvalue weighted by Crippen LogP contribution is 2.18. The highest BCUT2D eigenvalue weighted by Gasteiger charge is 2.34. The summed E-state index contributed by atoms with van der Waals surface area (Å²) in [5.41, 5.74) is 17.3. The number of aliphatic imine (C=N–C) groups is 1. The number of carboxylic acids is 2. The number of guanidine groups is 1. The molecule has 2 rings (SSSR count). The number of carbonyl (C=O) groups excluding carboxylic acids is 8. The van der Waals surface area contributed by atoms with Crippen molar-refractivity contribution in [2.75, 3.05) is 27.2 Å². The summed E-state index contributed by atoms with van der Waals surface area (Å²) in [6, 6.07) is -0.309. The molecule has 1 aromatic carbocycles. The molecule has 0 aliphatic carbocycles. The Morgan fingerprint density at radius 1 is 0.863 bits per heavy atom. The summed E-state index contributed by atoms with van der Waals surface area (Å²) in [6.07, 6.45) is 3.27. The van der Waals surface area contributed by atoms with Gasteiger partial charge in [-0.3, -0.25) is 38.6 Å². The molecule has 15 N–H and O–H groups in total. The minimum absolute atomic E-state index is 0.00991. The van der Waals surface area contributed by atoms with Gasteiger partial charge in [-0.05, 0) is 57.9 Å². The number of methoxy groups -OCH3 is 1. The largest absolute Gasteiger partial charge is 0.480 e. The number of ether oxygens (including phenoxy) is 1. The van der Waals surface area contributed by atoms with Gasteiger partial charge in [0.25, 0.3) is 5.91 Å². The third-order valence-electron chi connectivity index (χ3n) is 11.8. The topological polar surface area (TPSA) is 398 Å². The first-order valence-corrected chi connectivity index (χ1v) is 23.6. The summed E-state index contributed by atoms with van der Waals surface area (Å²) in [6.45, 7) is 9.93. The molecule has 25 nitrogen and oxygen atoms in total. The molecular weight excluding hydrogens is 953 g/mol. The molecule has 0 saturated carbocycles. The van der Waals surface area contributed by atoms with Crippen LogP contribution in [0.25, 0.3) is 0 Å². The van der Waals surface area contributed by atoms with E-state index in [1.54, 1.807) is 20.1 Å².